The molecule has 0 aromatic carbocycles. The third-order valence-electron chi connectivity index (χ3n) is 1.73. The van der Waals surface area contributed by atoms with Gasteiger partial charge in [0.25, 0.3) is 0 Å². The number of aliphatic hydroxyl groups is 1. The molecule has 1 aliphatic heterocycles. The quantitative estimate of drug-likeness (QED) is 0.479. The summed E-state index contributed by atoms with van der Waals surface area (Å²) in [5.74, 6) is 0.449. The molecule has 0 aromatic rings. The van der Waals surface area contributed by atoms with Crippen molar-refractivity contribution in [2.45, 2.75) is 12.7 Å². The van der Waals surface area contributed by atoms with Crippen molar-refractivity contribution in [3.8, 4) is 0 Å². The van der Waals surface area contributed by atoms with E-state index in [9.17, 15) is 0 Å². The van der Waals surface area contributed by atoms with E-state index in [2.05, 4.69) is 6.58 Å². The van der Waals surface area contributed by atoms with E-state index < -0.39 is 6.29 Å². The molecule has 0 aliphatic carbocycles. The van der Waals surface area contributed by atoms with Crippen molar-refractivity contribution >= 4 is 0 Å². The SMILES string of the molecule is C=CC(O)OCC1CCOC1. The van der Waals surface area contributed by atoms with Crippen LogP contribution >= 0.6 is 0 Å². The predicted octanol–water partition coefficient (Wildman–Crippen LogP) is 0.544. The van der Waals surface area contributed by atoms with Crippen LogP contribution in [0.4, 0.5) is 0 Å². The van der Waals surface area contributed by atoms with E-state index in [-0.39, 0.29) is 0 Å². The zero-order chi connectivity index (χ0) is 8.10. The molecule has 0 amide bonds. The zero-order valence-corrected chi connectivity index (χ0v) is 6.53. The summed E-state index contributed by atoms with van der Waals surface area (Å²) in [6.45, 7) is 5.53. The number of ether oxygens (including phenoxy) is 2. The molecular formula is C8H14O3. The maximum atomic E-state index is 8.94. The van der Waals surface area contributed by atoms with E-state index in [0.717, 1.165) is 19.6 Å². The number of hydrogen-bond donors (Lipinski definition) is 1. The van der Waals surface area contributed by atoms with Crippen molar-refractivity contribution in [1.82, 2.24) is 0 Å². The molecule has 11 heavy (non-hydrogen) atoms. The Labute approximate surface area is 66.6 Å². The molecule has 3 nitrogen and oxygen atoms in total. The average molecular weight is 158 g/mol. The van der Waals surface area contributed by atoms with Crippen molar-refractivity contribution in [1.29, 1.82) is 0 Å². The van der Waals surface area contributed by atoms with Crippen LogP contribution in [0.25, 0.3) is 0 Å². The van der Waals surface area contributed by atoms with Gasteiger partial charge in [-0.1, -0.05) is 6.58 Å². The van der Waals surface area contributed by atoms with Crippen LogP contribution in [0.2, 0.25) is 0 Å². The fourth-order valence-electron chi connectivity index (χ4n) is 1.02. The molecule has 1 N–H and O–H groups in total. The molecule has 64 valence electrons. The Hall–Kier alpha value is -0.380. The van der Waals surface area contributed by atoms with Gasteiger partial charge in [-0.25, -0.2) is 0 Å². The summed E-state index contributed by atoms with van der Waals surface area (Å²) < 4.78 is 10.2. The Balaban J connectivity index is 2.06. The van der Waals surface area contributed by atoms with Gasteiger partial charge in [-0.05, 0) is 12.5 Å². The van der Waals surface area contributed by atoms with Gasteiger partial charge in [0.1, 0.15) is 0 Å². The number of aliphatic hydroxyl groups excluding tert-OH is 1. The van der Waals surface area contributed by atoms with Gasteiger partial charge in [-0.15, -0.1) is 0 Å². The smallest absolute Gasteiger partial charge is 0.173 e. The third-order valence-corrected chi connectivity index (χ3v) is 1.73. The van der Waals surface area contributed by atoms with Crippen LogP contribution in [0.5, 0.6) is 0 Å². The molecule has 0 saturated carbocycles. The Kier molecular flexibility index (Phi) is 3.56. The second kappa shape index (κ2) is 4.49. The van der Waals surface area contributed by atoms with Crippen LogP contribution in [0.3, 0.4) is 0 Å². The molecule has 0 bridgehead atoms. The normalized spacial score (nSPS) is 26.8. The largest absolute Gasteiger partial charge is 0.381 e. The topological polar surface area (TPSA) is 38.7 Å². The van der Waals surface area contributed by atoms with E-state index >= 15 is 0 Å². The maximum Gasteiger partial charge on any atom is 0.173 e. The van der Waals surface area contributed by atoms with Crippen LogP contribution in [0.1, 0.15) is 6.42 Å². The van der Waals surface area contributed by atoms with Gasteiger partial charge in [-0.3, -0.25) is 0 Å². The Morgan fingerprint density at radius 2 is 2.64 bits per heavy atom. The van der Waals surface area contributed by atoms with Crippen LogP contribution in [-0.4, -0.2) is 31.2 Å². The molecule has 1 saturated heterocycles. The molecule has 1 aliphatic rings. The van der Waals surface area contributed by atoms with Crippen LogP contribution < -0.4 is 0 Å². The minimum atomic E-state index is -0.824. The van der Waals surface area contributed by atoms with Crippen molar-refractivity contribution in [2.24, 2.45) is 5.92 Å². The van der Waals surface area contributed by atoms with Crippen LogP contribution in [0, 0.1) is 5.92 Å². The summed E-state index contributed by atoms with van der Waals surface area (Å²) >= 11 is 0. The van der Waals surface area contributed by atoms with Crippen molar-refractivity contribution in [3.05, 3.63) is 12.7 Å². The first kappa shape index (κ1) is 8.71. The van der Waals surface area contributed by atoms with Crippen molar-refractivity contribution in [3.63, 3.8) is 0 Å². The van der Waals surface area contributed by atoms with E-state index in [1.807, 2.05) is 0 Å². The van der Waals surface area contributed by atoms with E-state index in [0.29, 0.717) is 12.5 Å². The lowest BCUT2D eigenvalue weighted by Gasteiger charge is -2.10. The summed E-state index contributed by atoms with van der Waals surface area (Å²) in [5.41, 5.74) is 0. The molecule has 1 rings (SSSR count). The second-order valence-electron chi connectivity index (χ2n) is 2.69. The van der Waals surface area contributed by atoms with Crippen molar-refractivity contribution < 1.29 is 14.6 Å². The average Bonchev–Trinajstić information content (AvgIpc) is 2.52. The van der Waals surface area contributed by atoms with Gasteiger partial charge in [0.2, 0.25) is 0 Å². The molecule has 3 heteroatoms. The van der Waals surface area contributed by atoms with E-state index in [4.69, 9.17) is 14.6 Å². The lowest BCUT2D eigenvalue weighted by atomic mass is 10.1. The fourth-order valence-corrected chi connectivity index (χ4v) is 1.02. The molecule has 0 radical (unpaired) electrons. The molecule has 1 fully saturated rings. The van der Waals surface area contributed by atoms with E-state index in [1.54, 1.807) is 0 Å². The van der Waals surface area contributed by atoms with Gasteiger partial charge >= 0.3 is 0 Å². The third kappa shape index (κ3) is 3.01. The predicted molar refractivity (Wildman–Crippen MR) is 41.1 cm³/mol. The zero-order valence-electron chi connectivity index (χ0n) is 6.53. The van der Waals surface area contributed by atoms with Crippen LogP contribution in [0.15, 0.2) is 12.7 Å². The summed E-state index contributed by atoms with van der Waals surface area (Å²) in [5, 5.41) is 8.94. The standard InChI is InChI=1S/C8H14O3/c1-2-8(9)11-6-7-3-4-10-5-7/h2,7-9H,1,3-6H2. The highest BCUT2D eigenvalue weighted by molar-refractivity contribution is 4.71. The van der Waals surface area contributed by atoms with Gasteiger partial charge in [0.15, 0.2) is 6.29 Å². The summed E-state index contributed by atoms with van der Waals surface area (Å²) in [6.07, 6.45) is 1.58. The Morgan fingerprint density at radius 3 is 3.18 bits per heavy atom. The summed E-state index contributed by atoms with van der Waals surface area (Å²) in [6, 6.07) is 0. The lowest BCUT2D eigenvalue weighted by molar-refractivity contribution is -0.0762. The molecule has 1 heterocycles. The number of rotatable bonds is 4. The van der Waals surface area contributed by atoms with E-state index in [1.165, 1.54) is 6.08 Å². The second-order valence-corrected chi connectivity index (χ2v) is 2.69. The Bertz CT molecular complexity index is 119. The maximum absolute atomic E-state index is 8.94. The van der Waals surface area contributed by atoms with Gasteiger partial charge in [-0.2, -0.15) is 0 Å². The minimum absolute atomic E-state index is 0.449. The van der Waals surface area contributed by atoms with Gasteiger partial charge in [0.05, 0.1) is 13.2 Å². The molecule has 0 spiro atoms. The molecular weight excluding hydrogens is 144 g/mol. The molecule has 2 unspecified atom stereocenters. The fraction of sp³-hybridized carbons (Fsp3) is 0.750. The Morgan fingerprint density at radius 1 is 1.82 bits per heavy atom. The van der Waals surface area contributed by atoms with Crippen LogP contribution in [-0.2, 0) is 9.47 Å². The van der Waals surface area contributed by atoms with Gasteiger partial charge < -0.3 is 14.6 Å². The van der Waals surface area contributed by atoms with Gasteiger partial charge in [0, 0.05) is 12.5 Å². The lowest BCUT2D eigenvalue weighted by Crippen LogP contribution is -2.15. The first-order valence-corrected chi connectivity index (χ1v) is 3.83. The minimum Gasteiger partial charge on any atom is -0.381 e. The summed E-state index contributed by atoms with van der Waals surface area (Å²) in [4.78, 5) is 0. The molecule has 0 aromatic heterocycles. The highest BCUT2D eigenvalue weighted by Gasteiger charge is 2.16. The highest BCUT2D eigenvalue weighted by atomic mass is 16.6. The molecule has 2 atom stereocenters. The summed E-state index contributed by atoms with van der Waals surface area (Å²) in [7, 11) is 0. The monoisotopic (exact) mass is 158 g/mol. The first-order valence-electron chi connectivity index (χ1n) is 3.83. The highest BCUT2D eigenvalue weighted by Crippen LogP contribution is 2.12. The first-order chi connectivity index (χ1) is 5.33. The van der Waals surface area contributed by atoms with Crippen molar-refractivity contribution in [2.75, 3.05) is 19.8 Å². The number of hydrogen-bond acceptors (Lipinski definition) is 3.